The molecule has 5 nitrogen and oxygen atoms in total. The van der Waals surface area contributed by atoms with Gasteiger partial charge >= 0.3 is 5.97 Å². The highest BCUT2D eigenvalue weighted by molar-refractivity contribution is 5.85. The number of aliphatic carboxylic acids is 1. The Balaban J connectivity index is 0.00000324. The van der Waals surface area contributed by atoms with Crippen molar-refractivity contribution < 1.29 is 14.7 Å². The zero-order chi connectivity index (χ0) is 13.4. The Hall–Kier alpha value is -1.59. The zero-order valence-corrected chi connectivity index (χ0v) is 11.4. The Morgan fingerprint density at radius 1 is 1.26 bits per heavy atom. The average Bonchev–Trinajstić information content (AvgIpc) is 2.35. The molecule has 0 bridgehead atoms. The lowest BCUT2D eigenvalue weighted by molar-refractivity contribution is -0.137. The maximum absolute atomic E-state index is 11.6. The van der Waals surface area contributed by atoms with E-state index in [2.05, 4.69) is 5.32 Å². The molecule has 0 heterocycles. The first kappa shape index (κ1) is 17.4. The van der Waals surface area contributed by atoms with Crippen molar-refractivity contribution in [1.82, 2.24) is 5.32 Å². The van der Waals surface area contributed by atoms with Gasteiger partial charge in [-0.1, -0.05) is 30.3 Å². The first-order chi connectivity index (χ1) is 8.59. The van der Waals surface area contributed by atoms with Crippen LogP contribution in [0, 0.1) is 0 Å². The van der Waals surface area contributed by atoms with Crippen molar-refractivity contribution in [3.63, 3.8) is 0 Å². The van der Waals surface area contributed by atoms with Crippen LogP contribution in [0.2, 0.25) is 0 Å². The quantitative estimate of drug-likeness (QED) is 0.651. The fraction of sp³-hybridized carbons (Fsp3) is 0.385. The Labute approximate surface area is 118 Å². The molecule has 0 unspecified atom stereocenters. The van der Waals surface area contributed by atoms with Crippen molar-refractivity contribution in [1.29, 1.82) is 0 Å². The summed E-state index contributed by atoms with van der Waals surface area (Å²) >= 11 is 0. The minimum absolute atomic E-state index is 0. The van der Waals surface area contributed by atoms with Crippen LogP contribution in [0.4, 0.5) is 0 Å². The number of nitrogens with two attached hydrogens (primary N) is 1. The third-order valence-electron chi connectivity index (χ3n) is 2.50. The number of rotatable bonds is 7. The van der Waals surface area contributed by atoms with Gasteiger partial charge in [0.25, 0.3) is 0 Å². The second-order valence-electron chi connectivity index (χ2n) is 4.08. The van der Waals surface area contributed by atoms with Crippen molar-refractivity contribution in [2.24, 2.45) is 5.73 Å². The van der Waals surface area contributed by atoms with Crippen molar-refractivity contribution in [2.45, 2.75) is 25.3 Å². The van der Waals surface area contributed by atoms with Gasteiger partial charge in [0.15, 0.2) is 0 Å². The van der Waals surface area contributed by atoms with Gasteiger partial charge in [0.05, 0.1) is 6.04 Å². The lowest BCUT2D eigenvalue weighted by Crippen LogP contribution is -2.42. The molecule has 6 heteroatoms. The SMILES string of the molecule is Cl.N[C@H](Cc1ccccc1)C(=O)NCCCC(=O)O. The molecule has 0 aliphatic heterocycles. The van der Waals surface area contributed by atoms with Crippen LogP contribution in [0.5, 0.6) is 0 Å². The van der Waals surface area contributed by atoms with Gasteiger partial charge in [-0.05, 0) is 18.4 Å². The Kier molecular flexibility index (Phi) is 8.57. The van der Waals surface area contributed by atoms with Gasteiger partial charge in [-0.15, -0.1) is 12.4 Å². The van der Waals surface area contributed by atoms with Crippen LogP contribution in [0.3, 0.4) is 0 Å². The van der Waals surface area contributed by atoms with E-state index in [-0.39, 0.29) is 24.7 Å². The fourth-order valence-electron chi connectivity index (χ4n) is 1.54. The molecule has 106 valence electrons. The summed E-state index contributed by atoms with van der Waals surface area (Å²) in [7, 11) is 0. The molecule has 0 spiro atoms. The standard InChI is InChI=1S/C13H18N2O3.ClH/c14-11(9-10-5-2-1-3-6-10)13(18)15-8-4-7-12(16)17;/h1-3,5-6,11H,4,7-9,14H2,(H,15,18)(H,16,17);1H/t11-;/m1./s1. The number of carbonyl (C=O) groups excluding carboxylic acids is 1. The molecule has 1 atom stereocenters. The highest BCUT2D eigenvalue weighted by atomic mass is 35.5. The first-order valence-corrected chi connectivity index (χ1v) is 5.88. The van der Waals surface area contributed by atoms with E-state index in [0.717, 1.165) is 5.56 Å². The number of halogens is 1. The van der Waals surface area contributed by atoms with Crippen molar-refractivity contribution in [3.8, 4) is 0 Å². The largest absolute Gasteiger partial charge is 0.481 e. The predicted octanol–water partition coefficient (Wildman–Crippen LogP) is 0.959. The van der Waals surface area contributed by atoms with Gasteiger partial charge in [0.1, 0.15) is 0 Å². The summed E-state index contributed by atoms with van der Waals surface area (Å²) in [5, 5.41) is 11.1. The van der Waals surface area contributed by atoms with E-state index in [1.165, 1.54) is 0 Å². The monoisotopic (exact) mass is 286 g/mol. The average molecular weight is 287 g/mol. The normalized spacial score (nSPS) is 11.2. The number of hydrogen-bond donors (Lipinski definition) is 3. The Morgan fingerprint density at radius 3 is 2.47 bits per heavy atom. The number of benzene rings is 1. The van der Waals surface area contributed by atoms with Crippen molar-refractivity contribution in [3.05, 3.63) is 35.9 Å². The molecule has 1 amide bonds. The highest BCUT2D eigenvalue weighted by Gasteiger charge is 2.13. The summed E-state index contributed by atoms with van der Waals surface area (Å²) in [5.74, 6) is -1.11. The molecule has 0 aliphatic carbocycles. The van der Waals surface area contributed by atoms with Crippen molar-refractivity contribution in [2.75, 3.05) is 6.54 Å². The summed E-state index contributed by atoms with van der Waals surface area (Å²) in [5.41, 5.74) is 6.77. The van der Waals surface area contributed by atoms with E-state index >= 15 is 0 Å². The summed E-state index contributed by atoms with van der Waals surface area (Å²) in [4.78, 5) is 21.9. The van der Waals surface area contributed by atoms with Crippen LogP contribution in [0.25, 0.3) is 0 Å². The van der Waals surface area contributed by atoms with E-state index in [0.29, 0.717) is 19.4 Å². The number of carbonyl (C=O) groups is 2. The molecular formula is C13H19ClN2O3. The molecule has 0 radical (unpaired) electrons. The highest BCUT2D eigenvalue weighted by Crippen LogP contribution is 2.01. The number of nitrogens with one attached hydrogen (secondary N) is 1. The molecule has 4 N–H and O–H groups in total. The van der Waals surface area contributed by atoms with Crippen LogP contribution >= 0.6 is 12.4 Å². The Bertz CT molecular complexity index is 398. The van der Waals surface area contributed by atoms with Crippen LogP contribution in [0.1, 0.15) is 18.4 Å². The van der Waals surface area contributed by atoms with Gasteiger partial charge in [-0.3, -0.25) is 9.59 Å². The summed E-state index contributed by atoms with van der Waals surface area (Å²) in [6, 6.07) is 8.92. The second-order valence-corrected chi connectivity index (χ2v) is 4.08. The van der Waals surface area contributed by atoms with Gasteiger partial charge in [-0.25, -0.2) is 0 Å². The van der Waals surface area contributed by atoms with Crippen LogP contribution in [-0.2, 0) is 16.0 Å². The van der Waals surface area contributed by atoms with E-state index in [1.54, 1.807) is 0 Å². The van der Waals surface area contributed by atoms with Crippen LogP contribution in [-0.4, -0.2) is 29.6 Å². The molecule has 1 aromatic rings. The molecule has 0 fully saturated rings. The predicted molar refractivity (Wildman–Crippen MR) is 75.2 cm³/mol. The van der Waals surface area contributed by atoms with E-state index < -0.39 is 12.0 Å². The Morgan fingerprint density at radius 2 is 1.89 bits per heavy atom. The number of carboxylic acid groups (broad SMARTS) is 1. The molecule has 1 rings (SSSR count). The summed E-state index contributed by atoms with van der Waals surface area (Å²) in [6.45, 7) is 0.341. The van der Waals surface area contributed by atoms with Crippen molar-refractivity contribution >= 4 is 24.3 Å². The molecule has 0 saturated heterocycles. The van der Waals surface area contributed by atoms with Gasteiger partial charge in [-0.2, -0.15) is 0 Å². The first-order valence-electron chi connectivity index (χ1n) is 5.88. The third kappa shape index (κ3) is 7.43. The van der Waals surface area contributed by atoms with Gasteiger partial charge < -0.3 is 16.2 Å². The maximum Gasteiger partial charge on any atom is 0.303 e. The second kappa shape index (κ2) is 9.35. The van der Waals surface area contributed by atoms with Crippen LogP contribution < -0.4 is 11.1 Å². The van der Waals surface area contributed by atoms with Gasteiger partial charge in [0.2, 0.25) is 5.91 Å². The summed E-state index contributed by atoms with van der Waals surface area (Å²) in [6.07, 6.45) is 0.943. The molecule has 0 aromatic heterocycles. The smallest absolute Gasteiger partial charge is 0.303 e. The number of amides is 1. The zero-order valence-electron chi connectivity index (χ0n) is 10.5. The molecule has 19 heavy (non-hydrogen) atoms. The minimum atomic E-state index is -0.863. The third-order valence-corrected chi connectivity index (χ3v) is 2.50. The molecular weight excluding hydrogens is 268 g/mol. The van der Waals surface area contributed by atoms with E-state index in [1.807, 2.05) is 30.3 Å². The molecule has 0 aliphatic rings. The van der Waals surface area contributed by atoms with E-state index in [4.69, 9.17) is 10.8 Å². The van der Waals surface area contributed by atoms with Gasteiger partial charge in [0, 0.05) is 13.0 Å². The minimum Gasteiger partial charge on any atom is -0.481 e. The molecule has 1 aromatic carbocycles. The molecule has 0 saturated carbocycles. The number of hydrogen-bond acceptors (Lipinski definition) is 3. The lowest BCUT2D eigenvalue weighted by atomic mass is 10.1. The summed E-state index contributed by atoms with van der Waals surface area (Å²) < 4.78 is 0. The van der Waals surface area contributed by atoms with E-state index in [9.17, 15) is 9.59 Å². The number of carboxylic acids is 1. The fourth-order valence-corrected chi connectivity index (χ4v) is 1.54. The lowest BCUT2D eigenvalue weighted by Gasteiger charge is -2.11. The topological polar surface area (TPSA) is 92.4 Å². The maximum atomic E-state index is 11.6. The van der Waals surface area contributed by atoms with Crippen LogP contribution in [0.15, 0.2) is 30.3 Å².